The van der Waals surface area contributed by atoms with E-state index in [9.17, 15) is 0 Å². The van der Waals surface area contributed by atoms with Gasteiger partial charge in [0.25, 0.3) is 0 Å². The lowest BCUT2D eigenvalue weighted by atomic mass is 10.0. The number of aromatic nitrogens is 1. The summed E-state index contributed by atoms with van der Waals surface area (Å²) < 4.78 is 4.82. The first-order valence-electron chi connectivity index (χ1n) is 7.76. The fraction of sp³-hybridized carbons (Fsp3) is 0.733. The van der Waals surface area contributed by atoms with Crippen LogP contribution in [0.4, 0.5) is 0 Å². The van der Waals surface area contributed by atoms with E-state index in [4.69, 9.17) is 4.52 Å². The molecule has 0 radical (unpaired) electrons. The molecule has 2 heterocycles. The topological polar surface area (TPSA) is 65.7 Å². The zero-order valence-electron chi connectivity index (χ0n) is 13.7. The summed E-state index contributed by atoms with van der Waals surface area (Å²) in [6.07, 6.45) is 3.91. The van der Waals surface area contributed by atoms with Crippen molar-refractivity contribution in [1.82, 2.24) is 20.7 Å². The minimum absolute atomic E-state index is 0. The van der Waals surface area contributed by atoms with Crippen LogP contribution >= 0.6 is 24.0 Å². The number of rotatable bonds is 5. The van der Waals surface area contributed by atoms with Gasteiger partial charge >= 0.3 is 0 Å². The van der Waals surface area contributed by atoms with Crippen molar-refractivity contribution in [1.29, 1.82) is 0 Å². The molecule has 1 aromatic heterocycles. The van der Waals surface area contributed by atoms with E-state index in [-0.39, 0.29) is 24.0 Å². The molecule has 1 aliphatic heterocycles. The van der Waals surface area contributed by atoms with Gasteiger partial charge in [-0.3, -0.25) is 4.99 Å². The third kappa shape index (κ3) is 6.51. The van der Waals surface area contributed by atoms with Gasteiger partial charge in [0.2, 0.25) is 0 Å². The summed E-state index contributed by atoms with van der Waals surface area (Å²) in [5, 5.41) is 10.6. The first-order chi connectivity index (χ1) is 10.2. The van der Waals surface area contributed by atoms with Crippen molar-refractivity contribution in [2.45, 2.75) is 39.3 Å². The maximum Gasteiger partial charge on any atom is 0.191 e. The van der Waals surface area contributed by atoms with E-state index in [0.29, 0.717) is 12.6 Å². The second-order valence-corrected chi connectivity index (χ2v) is 6.03. The standard InChI is InChI=1S/C15H27N5O.HI/c1-12(2)11-20-7-4-13(5-8-20)18-15(16-3)17-10-14-6-9-21-19-14;/h6,9,12-13H,4-5,7-8,10-11H2,1-3H3,(H2,16,17,18);1H. The first kappa shape index (κ1) is 19.2. The largest absolute Gasteiger partial charge is 0.364 e. The number of nitrogens with one attached hydrogen (secondary N) is 2. The second kappa shape index (κ2) is 10.0. The van der Waals surface area contributed by atoms with Crippen LogP contribution in [0.5, 0.6) is 0 Å². The fourth-order valence-electron chi connectivity index (χ4n) is 2.67. The van der Waals surface area contributed by atoms with Gasteiger partial charge in [-0.25, -0.2) is 0 Å². The van der Waals surface area contributed by atoms with Crippen LogP contribution in [-0.4, -0.2) is 48.7 Å². The summed E-state index contributed by atoms with van der Waals surface area (Å²) in [6, 6.07) is 2.35. The molecule has 7 heteroatoms. The molecule has 0 aliphatic carbocycles. The minimum Gasteiger partial charge on any atom is -0.364 e. The third-order valence-corrected chi connectivity index (χ3v) is 3.70. The highest BCUT2D eigenvalue weighted by Crippen LogP contribution is 2.12. The molecular weight excluding hydrogens is 393 g/mol. The lowest BCUT2D eigenvalue weighted by Crippen LogP contribution is -2.49. The molecule has 1 saturated heterocycles. The Balaban J connectivity index is 0.00000242. The molecule has 1 aromatic rings. The summed E-state index contributed by atoms with van der Waals surface area (Å²) in [7, 11) is 1.80. The number of guanidine groups is 1. The second-order valence-electron chi connectivity index (χ2n) is 6.03. The number of halogens is 1. The van der Waals surface area contributed by atoms with Crippen LogP contribution in [0, 0.1) is 5.92 Å². The summed E-state index contributed by atoms with van der Waals surface area (Å²) >= 11 is 0. The molecule has 0 aromatic carbocycles. The SMILES string of the molecule is CN=C(NCc1ccon1)NC1CCN(CC(C)C)CC1.I. The van der Waals surface area contributed by atoms with Crippen LogP contribution in [0.25, 0.3) is 0 Å². The molecule has 2 N–H and O–H groups in total. The average Bonchev–Trinajstić information content (AvgIpc) is 2.98. The molecule has 0 bridgehead atoms. The van der Waals surface area contributed by atoms with Crippen LogP contribution < -0.4 is 10.6 Å². The predicted molar refractivity (Wildman–Crippen MR) is 99.6 cm³/mol. The molecule has 0 unspecified atom stereocenters. The lowest BCUT2D eigenvalue weighted by Gasteiger charge is -2.33. The van der Waals surface area contributed by atoms with Gasteiger partial charge in [0.05, 0.1) is 6.54 Å². The smallest absolute Gasteiger partial charge is 0.191 e. The number of hydrogen-bond acceptors (Lipinski definition) is 4. The summed E-state index contributed by atoms with van der Waals surface area (Å²) in [6.45, 7) is 8.71. The minimum atomic E-state index is 0. The summed E-state index contributed by atoms with van der Waals surface area (Å²) in [5.41, 5.74) is 0.879. The highest BCUT2D eigenvalue weighted by Gasteiger charge is 2.20. The van der Waals surface area contributed by atoms with Crippen LogP contribution in [0.3, 0.4) is 0 Å². The first-order valence-corrected chi connectivity index (χ1v) is 7.76. The van der Waals surface area contributed by atoms with Crippen molar-refractivity contribution in [3.8, 4) is 0 Å². The molecule has 0 saturated carbocycles. The van der Waals surface area contributed by atoms with Gasteiger partial charge in [-0.15, -0.1) is 24.0 Å². The molecule has 0 atom stereocenters. The van der Waals surface area contributed by atoms with Gasteiger partial charge in [-0.1, -0.05) is 19.0 Å². The van der Waals surface area contributed by atoms with E-state index in [1.165, 1.54) is 6.54 Å². The summed E-state index contributed by atoms with van der Waals surface area (Å²) in [4.78, 5) is 6.82. The van der Waals surface area contributed by atoms with E-state index >= 15 is 0 Å². The molecule has 1 fully saturated rings. The van der Waals surface area contributed by atoms with Crippen molar-refractivity contribution in [2.75, 3.05) is 26.7 Å². The highest BCUT2D eigenvalue weighted by molar-refractivity contribution is 14.0. The van der Waals surface area contributed by atoms with Gasteiger partial charge in [0.15, 0.2) is 5.96 Å². The molecule has 2 rings (SSSR count). The fourth-order valence-corrected chi connectivity index (χ4v) is 2.67. The maximum atomic E-state index is 4.82. The van der Waals surface area contributed by atoms with Gasteiger partial charge in [0.1, 0.15) is 12.0 Å². The Morgan fingerprint density at radius 1 is 1.45 bits per heavy atom. The zero-order valence-corrected chi connectivity index (χ0v) is 16.0. The Labute approximate surface area is 150 Å². The van der Waals surface area contributed by atoms with Gasteiger partial charge < -0.3 is 20.1 Å². The van der Waals surface area contributed by atoms with Crippen LogP contribution in [0.2, 0.25) is 0 Å². The van der Waals surface area contributed by atoms with Crippen LogP contribution in [0.1, 0.15) is 32.4 Å². The molecule has 6 nitrogen and oxygen atoms in total. The number of hydrogen-bond donors (Lipinski definition) is 2. The molecule has 0 amide bonds. The number of piperidine rings is 1. The molecular formula is C15H28IN5O. The lowest BCUT2D eigenvalue weighted by molar-refractivity contribution is 0.187. The van der Waals surface area contributed by atoms with Gasteiger partial charge in [0, 0.05) is 38.8 Å². The van der Waals surface area contributed by atoms with E-state index in [0.717, 1.165) is 43.5 Å². The Kier molecular flexibility index (Phi) is 8.77. The van der Waals surface area contributed by atoms with Crippen molar-refractivity contribution >= 4 is 29.9 Å². The Bertz CT molecular complexity index is 427. The van der Waals surface area contributed by atoms with Crippen molar-refractivity contribution < 1.29 is 4.52 Å². The van der Waals surface area contributed by atoms with Crippen molar-refractivity contribution in [2.24, 2.45) is 10.9 Å². The maximum absolute atomic E-state index is 4.82. The Hall–Kier alpha value is -0.830. The van der Waals surface area contributed by atoms with E-state index in [1.54, 1.807) is 13.3 Å². The molecule has 126 valence electrons. The van der Waals surface area contributed by atoms with Crippen molar-refractivity contribution in [3.63, 3.8) is 0 Å². The quantitative estimate of drug-likeness (QED) is 0.433. The molecule has 22 heavy (non-hydrogen) atoms. The van der Waals surface area contributed by atoms with E-state index in [2.05, 4.69) is 39.5 Å². The third-order valence-electron chi connectivity index (χ3n) is 3.70. The zero-order chi connectivity index (χ0) is 15.1. The Morgan fingerprint density at radius 2 is 2.18 bits per heavy atom. The van der Waals surface area contributed by atoms with Crippen LogP contribution in [-0.2, 0) is 6.54 Å². The number of nitrogens with zero attached hydrogens (tertiary/aromatic N) is 3. The predicted octanol–water partition coefficient (Wildman–Crippen LogP) is 2.08. The highest BCUT2D eigenvalue weighted by atomic mass is 127. The van der Waals surface area contributed by atoms with Crippen LogP contribution in [0.15, 0.2) is 21.8 Å². The summed E-state index contributed by atoms with van der Waals surface area (Å²) in [5.74, 6) is 1.58. The Morgan fingerprint density at radius 3 is 2.73 bits per heavy atom. The molecule has 0 spiro atoms. The molecule has 1 aliphatic rings. The van der Waals surface area contributed by atoms with Gasteiger partial charge in [-0.2, -0.15) is 0 Å². The van der Waals surface area contributed by atoms with Crippen molar-refractivity contribution in [3.05, 3.63) is 18.0 Å². The van der Waals surface area contributed by atoms with E-state index in [1.807, 2.05) is 6.07 Å². The van der Waals surface area contributed by atoms with Gasteiger partial charge in [-0.05, 0) is 18.8 Å². The number of aliphatic imine (C=N–C) groups is 1. The normalized spacial score (nSPS) is 17.4. The van der Waals surface area contributed by atoms with E-state index < -0.39 is 0 Å². The monoisotopic (exact) mass is 421 g/mol. The number of likely N-dealkylation sites (tertiary alicyclic amines) is 1. The average molecular weight is 421 g/mol.